The van der Waals surface area contributed by atoms with Crippen LogP contribution in [0.3, 0.4) is 0 Å². The predicted octanol–water partition coefficient (Wildman–Crippen LogP) is 4.62. The molecule has 2 aromatic heterocycles. The number of ether oxygens (including phenoxy) is 1. The van der Waals surface area contributed by atoms with Crippen LogP contribution < -0.4 is 5.32 Å². The highest BCUT2D eigenvalue weighted by molar-refractivity contribution is 5.97. The van der Waals surface area contributed by atoms with Gasteiger partial charge in [-0.3, -0.25) is 4.79 Å². The molecular weight excluding hydrogens is 388 g/mol. The minimum Gasteiger partial charge on any atom is -0.376 e. The Morgan fingerprint density at radius 3 is 2.57 bits per heavy atom. The molecule has 0 bridgehead atoms. The van der Waals surface area contributed by atoms with Crippen molar-refractivity contribution in [1.82, 2.24) is 14.9 Å². The average molecular weight is 413 g/mol. The first-order chi connectivity index (χ1) is 14.3. The number of nitrogens with one attached hydrogen (secondary N) is 1. The Labute approximate surface area is 174 Å². The molecule has 158 valence electrons. The third-order valence-electron chi connectivity index (χ3n) is 5.44. The smallest absolute Gasteiger partial charge is 0.253 e. The van der Waals surface area contributed by atoms with E-state index < -0.39 is 11.6 Å². The van der Waals surface area contributed by atoms with Crippen LogP contribution >= 0.6 is 0 Å². The lowest BCUT2D eigenvalue weighted by atomic mass is 9.99. The number of pyridine rings is 1. The van der Waals surface area contributed by atoms with Crippen molar-refractivity contribution in [3.8, 4) is 11.1 Å². The number of nitrogens with zero attached hydrogens (tertiary/aromatic N) is 2. The van der Waals surface area contributed by atoms with E-state index >= 15 is 0 Å². The number of hydrogen-bond donors (Lipinski definition) is 1. The molecular formula is C23H25F2N3O2. The Kier molecular flexibility index (Phi) is 5.32. The fourth-order valence-electron chi connectivity index (χ4n) is 4.01. The lowest BCUT2D eigenvalue weighted by molar-refractivity contribution is 0.0912. The van der Waals surface area contributed by atoms with Crippen LogP contribution in [0.25, 0.3) is 16.6 Å². The first-order valence-corrected chi connectivity index (χ1v) is 10.2. The van der Waals surface area contributed by atoms with Gasteiger partial charge in [-0.25, -0.2) is 13.3 Å². The second kappa shape index (κ2) is 7.80. The Hall–Kier alpha value is -2.80. The summed E-state index contributed by atoms with van der Waals surface area (Å²) in [4.78, 5) is 13.0. The minimum absolute atomic E-state index is 0.00980. The number of rotatable bonds is 6. The zero-order valence-corrected chi connectivity index (χ0v) is 17.5. The van der Waals surface area contributed by atoms with E-state index in [0.717, 1.165) is 6.42 Å². The van der Waals surface area contributed by atoms with Gasteiger partial charge >= 0.3 is 0 Å². The number of amides is 1. The number of benzene rings is 1. The van der Waals surface area contributed by atoms with Crippen molar-refractivity contribution in [3.63, 3.8) is 0 Å². The highest BCUT2D eigenvalue weighted by Gasteiger charge is 2.39. The molecule has 0 saturated heterocycles. The maximum atomic E-state index is 14.5. The normalized spacial score (nSPS) is 18.2. The van der Waals surface area contributed by atoms with Gasteiger partial charge in [0.25, 0.3) is 5.91 Å². The van der Waals surface area contributed by atoms with Gasteiger partial charge in [0.1, 0.15) is 11.6 Å². The van der Waals surface area contributed by atoms with E-state index in [0.29, 0.717) is 34.6 Å². The third kappa shape index (κ3) is 3.47. The van der Waals surface area contributed by atoms with Crippen LogP contribution in [0, 0.1) is 18.6 Å². The number of carbonyl (C=O) groups excluding carboxylic acids is 1. The van der Waals surface area contributed by atoms with Crippen molar-refractivity contribution in [3.05, 3.63) is 58.9 Å². The maximum Gasteiger partial charge on any atom is 0.253 e. The Morgan fingerprint density at radius 2 is 1.93 bits per heavy atom. The molecule has 2 atom stereocenters. The van der Waals surface area contributed by atoms with Crippen molar-refractivity contribution in [1.29, 1.82) is 0 Å². The molecule has 0 spiro atoms. The van der Waals surface area contributed by atoms with Crippen LogP contribution in [0.15, 0.2) is 30.3 Å². The summed E-state index contributed by atoms with van der Waals surface area (Å²) < 4.78 is 36.1. The SMILES string of the molecule is CCOC1CC1NC(=O)c1ccc2c(-c3c(F)cccc3F)c(C)nn2c1C(C)C. The molecule has 1 saturated carbocycles. The Balaban J connectivity index is 1.80. The molecule has 2 heterocycles. The standard InChI is InChI=1S/C23H25F2N3O2/c1-5-30-19-11-17(19)26-23(29)14-9-10-18-20(21-15(24)7-6-8-16(21)25)13(4)27-28(18)22(14)12(2)3/h6-10,12,17,19H,5,11H2,1-4H3,(H,26,29). The number of aryl methyl sites for hydroxylation is 1. The summed E-state index contributed by atoms with van der Waals surface area (Å²) in [5.74, 6) is -1.51. The molecule has 1 aliphatic carbocycles. The number of halogens is 2. The first kappa shape index (κ1) is 20.5. The molecule has 1 N–H and O–H groups in total. The van der Waals surface area contributed by atoms with Crippen molar-refractivity contribution < 1.29 is 18.3 Å². The summed E-state index contributed by atoms with van der Waals surface area (Å²) in [5, 5.41) is 7.57. The zero-order chi connectivity index (χ0) is 21.6. The second-order valence-electron chi connectivity index (χ2n) is 7.95. The number of aromatic nitrogens is 2. The van der Waals surface area contributed by atoms with E-state index in [-0.39, 0.29) is 29.5 Å². The van der Waals surface area contributed by atoms with Crippen LogP contribution in [-0.2, 0) is 4.74 Å². The second-order valence-corrected chi connectivity index (χ2v) is 7.95. The van der Waals surface area contributed by atoms with Crippen molar-refractivity contribution in [2.75, 3.05) is 6.61 Å². The number of hydrogen-bond acceptors (Lipinski definition) is 3. The van der Waals surface area contributed by atoms with Gasteiger partial charge in [0.2, 0.25) is 0 Å². The van der Waals surface area contributed by atoms with Crippen LogP contribution in [0.1, 0.15) is 54.9 Å². The van der Waals surface area contributed by atoms with Gasteiger partial charge in [0.05, 0.1) is 40.2 Å². The highest BCUT2D eigenvalue weighted by atomic mass is 19.1. The van der Waals surface area contributed by atoms with Crippen molar-refractivity contribution >= 4 is 11.4 Å². The largest absolute Gasteiger partial charge is 0.376 e. The van der Waals surface area contributed by atoms with Gasteiger partial charge in [-0.1, -0.05) is 19.9 Å². The summed E-state index contributed by atoms with van der Waals surface area (Å²) >= 11 is 0. The van der Waals surface area contributed by atoms with Gasteiger partial charge in [-0.05, 0) is 50.5 Å². The van der Waals surface area contributed by atoms with Crippen molar-refractivity contribution in [2.24, 2.45) is 0 Å². The number of fused-ring (bicyclic) bond motifs is 1. The molecule has 3 aromatic rings. The van der Waals surface area contributed by atoms with Gasteiger partial charge in [0, 0.05) is 12.2 Å². The molecule has 1 aliphatic rings. The summed E-state index contributed by atoms with van der Waals surface area (Å²) in [7, 11) is 0. The molecule has 2 unspecified atom stereocenters. The summed E-state index contributed by atoms with van der Waals surface area (Å²) in [6.07, 6.45) is 0.865. The van der Waals surface area contributed by atoms with E-state index in [1.54, 1.807) is 23.6 Å². The third-order valence-corrected chi connectivity index (χ3v) is 5.44. The average Bonchev–Trinajstić information content (AvgIpc) is 3.32. The summed E-state index contributed by atoms with van der Waals surface area (Å²) in [6, 6.07) is 7.23. The Morgan fingerprint density at radius 1 is 1.23 bits per heavy atom. The van der Waals surface area contributed by atoms with Crippen molar-refractivity contribution in [2.45, 2.75) is 52.2 Å². The van der Waals surface area contributed by atoms with E-state index in [1.807, 2.05) is 20.8 Å². The molecule has 1 aromatic carbocycles. The molecule has 5 nitrogen and oxygen atoms in total. The lowest BCUT2D eigenvalue weighted by Crippen LogP contribution is -2.30. The summed E-state index contributed by atoms with van der Waals surface area (Å²) in [6.45, 7) is 8.19. The highest BCUT2D eigenvalue weighted by Crippen LogP contribution is 2.35. The predicted molar refractivity (Wildman–Crippen MR) is 111 cm³/mol. The molecule has 4 rings (SSSR count). The fourth-order valence-corrected chi connectivity index (χ4v) is 4.01. The molecule has 0 radical (unpaired) electrons. The lowest BCUT2D eigenvalue weighted by Gasteiger charge is -2.15. The monoisotopic (exact) mass is 413 g/mol. The van der Waals surface area contributed by atoms with Crippen LogP contribution in [0.4, 0.5) is 8.78 Å². The summed E-state index contributed by atoms with van der Waals surface area (Å²) in [5.41, 5.74) is 2.56. The fraction of sp³-hybridized carbons (Fsp3) is 0.391. The van der Waals surface area contributed by atoms with Gasteiger partial charge in [-0.2, -0.15) is 5.10 Å². The molecule has 7 heteroatoms. The maximum absolute atomic E-state index is 14.5. The van der Waals surface area contributed by atoms with E-state index in [9.17, 15) is 13.6 Å². The van der Waals surface area contributed by atoms with Gasteiger partial charge in [0.15, 0.2) is 0 Å². The molecule has 1 amide bonds. The van der Waals surface area contributed by atoms with Gasteiger partial charge < -0.3 is 10.1 Å². The first-order valence-electron chi connectivity index (χ1n) is 10.2. The zero-order valence-electron chi connectivity index (χ0n) is 17.5. The van der Waals surface area contributed by atoms with Gasteiger partial charge in [-0.15, -0.1) is 0 Å². The molecule has 1 fully saturated rings. The molecule has 0 aliphatic heterocycles. The van der Waals surface area contributed by atoms with Crippen LogP contribution in [0.2, 0.25) is 0 Å². The molecule has 30 heavy (non-hydrogen) atoms. The van der Waals surface area contributed by atoms with E-state index in [4.69, 9.17) is 4.74 Å². The van der Waals surface area contributed by atoms with E-state index in [1.165, 1.54) is 18.2 Å². The van der Waals surface area contributed by atoms with E-state index in [2.05, 4.69) is 10.4 Å². The van der Waals surface area contributed by atoms with Crippen LogP contribution in [-0.4, -0.2) is 34.3 Å². The van der Waals surface area contributed by atoms with Crippen LogP contribution in [0.5, 0.6) is 0 Å². The minimum atomic E-state index is -0.642. The Bertz CT molecular complexity index is 1100. The quantitative estimate of drug-likeness (QED) is 0.642. The topological polar surface area (TPSA) is 55.6 Å². The number of carbonyl (C=O) groups is 1.